The van der Waals surface area contributed by atoms with Crippen molar-refractivity contribution in [1.82, 2.24) is 9.88 Å². The molecule has 1 fully saturated rings. The molecule has 3 heterocycles. The highest BCUT2D eigenvalue weighted by Gasteiger charge is 2.25. The van der Waals surface area contributed by atoms with Crippen molar-refractivity contribution < 1.29 is 9.53 Å². The number of hydrogen-bond acceptors (Lipinski definition) is 6. The van der Waals surface area contributed by atoms with Crippen molar-refractivity contribution in [3.8, 4) is 15.6 Å². The molecule has 2 aromatic heterocycles. The van der Waals surface area contributed by atoms with Gasteiger partial charge in [-0.1, -0.05) is 11.6 Å². The Morgan fingerprint density at radius 3 is 2.55 bits per heavy atom. The number of methoxy groups -OCH3 is 1. The second kappa shape index (κ2) is 8.73. The third-order valence-corrected chi connectivity index (χ3v) is 7.54. The molecule has 1 aliphatic rings. The maximum absolute atomic E-state index is 13.2. The summed E-state index contributed by atoms with van der Waals surface area (Å²) in [7, 11) is 1.67. The molecule has 8 heteroatoms. The van der Waals surface area contributed by atoms with E-state index in [1.54, 1.807) is 7.11 Å². The van der Waals surface area contributed by atoms with Crippen molar-refractivity contribution in [3.05, 3.63) is 51.3 Å². The molecule has 0 spiro atoms. The average molecular weight is 448 g/mol. The number of anilines is 1. The molecule has 0 saturated carbocycles. The van der Waals surface area contributed by atoms with Crippen LogP contribution in [0.15, 0.2) is 36.4 Å². The van der Waals surface area contributed by atoms with Gasteiger partial charge in [0, 0.05) is 31.9 Å². The Labute approximate surface area is 183 Å². The molecule has 1 amide bonds. The molecule has 1 aromatic carbocycles. The smallest absolute Gasteiger partial charge is 0.265 e. The van der Waals surface area contributed by atoms with E-state index < -0.39 is 0 Å². The molecule has 0 N–H and O–H groups in total. The van der Waals surface area contributed by atoms with Crippen LogP contribution in [0.2, 0.25) is 4.34 Å². The van der Waals surface area contributed by atoms with Gasteiger partial charge in [-0.2, -0.15) is 0 Å². The minimum Gasteiger partial charge on any atom is -0.497 e. The van der Waals surface area contributed by atoms with Gasteiger partial charge in [-0.3, -0.25) is 4.79 Å². The number of carbonyl (C=O) groups is 1. The van der Waals surface area contributed by atoms with E-state index in [4.69, 9.17) is 16.3 Å². The summed E-state index contributed by atoms with van der Waals surface area (Å²) >= 11 is 8.99. The van der Waals surface area contributed by atoms with Crippen LogP contribution in [-0.2, 0) is 0 Å². The molecular formula is C21H22ClN3O2S2. The molecule has 1 aliphatic heterocycles. The molecule has 0 atom stereocenters. The summed E-state index contributed by atoms with van der Waals surface area (Å²) in [5.74, 6) is 0.925. The third kappa shape index (κ3) is 4.42. The number of aromatic nitrogens is 1. The van der Waals surface area contributed by atoms with Gasteiger partial charge < -0.3 is 14.5 Å². The Kier molecular flexibility index (Phi) is 6.08. The minimum atomic E-state index is 0.0745. The van der Waals surface area contributed by atoms with Crippen LogP contribution in [0.1, 0.15) is 21.8 Å². The van der Waals surface area contributed by atoms with Gasteiger partial charge >= 0.3 is 0 Å². The molecular weight excluding hydrogens is 426 g/mol. The fourth-order valence-corrected chi connectivity index (χ4v) is 5.58. The first-order valence-electron chi connectivity index (χ1n) is 9.46. The molecule has 4 rings (SSSR count). The molecule has 0 aliphatic carbocycles. The van der Waals surface area contributed by atoms with E-state index in [1.165, 1.54) is 22.7 Å². The molecule has 5 nitrogen and oxygen atoms in total. The summed E-state index contributed by atoms with van der Waals surface area (Å²) in [4.78, 5) is 23.8. The zero-order valence-electron chi connectivity index (χ0n) is 16.4. The summed E-state index contributed by atoms with van der Waals surface area (Å²) in [6.45, 7) is 5.09. The predicted octanol–water partition coefficient (Wildman–Crippen LogP) is 5.19. The summed E-state index contributed by atoms with van der Waals surface area (Å²) in [6.07, 6.45) is 0.934. The number of carbonyl (C=O) groups excluding carboxylic acids is 1. The van der Waals surface area contributed by atoms with Gasteiger partial charge in [-0.05, 0) is 49.7 Å². The molecule has 29 heavy (non-hydrogen) atoms. The molecule has 3 aromatic rings. The first-order chi connectivity index (χ1) is 14.0. The summed E-state index contributed by atoms with van der Waals surface area (Å²) in [5.41, 5.74) is 1.95. The van der Waals surface area contributed by atoms with Crippen molar-refractivity contribution in [2.45, 2.75) is 13.3 Å². The predicted molar refractivity (Wildman–Crippen MR) is 121 cm³/mol. The Bertz CT molecular complexity index is 1000. The molecule has 1 saturated heterocycles. The Morgan fingerprint density at radius 2 is 1.86 bits per heavy atom. The molecule has 0 unspecified atom stereocenters. The van der Waals surface area contributed by atoms with E-state index in [0.29, 0.717) is 6.54 Å². The van der Waals surface area contributed by atoms with E-state index in [-0.39, 0.29) is 5.91 Å². The number of thiazole rings is 1. The number of hydrogen-bond donors (Lipinski definition) is 0. The number of benzene rings is 1. The number of ether oxygens (including phenoxy) is 1. The zero-order chi connectivity index (χ0) is 20.4. The van der Waals surface area contributed by atoms with Gasteiger partial charge in [0.1, 0.15) is 15.6 Å². The largest absolute Gasteiger partial charge is 0.497 e. The standard InChI is InChI=1S/C21H22ClN3O2S2/c1-14-19(29-20(23-14)17-8-9-18(22)28-17)21(26)25-11-3-10-24(12-13-25)15-4-6-16(27-2)7-5-15/h4-9H,3,10-13H2,1-2H3. The first-order valence-corrected chi connectivity index (χ1v) is 11.5. The molecule has 0 bridgehead atoms. The normalized spacial score (nSPS) is 14.7. The lowest BCUT2D eigenvalue weighted by Gasteiger charge is -2.23. The van der Waals surface area contributed by atoms with Crippen LogP contribution in [0.3, 0.4) is 0 Å². The highest BCUT2D eigenvalue weighted by atomic mass is 35.5. The second-order valence-electron chi connectivity index (χ2n) is 6.87. The quantitative estimate of drug-likeness (QED) is 0.551. The van der Waals surface area contributed by atoms with Crippen LogP contribution >= 0.6 is 34.3 Å². The summed E-state index contributed by atoms with van der Waals surface area (Å²) in [6, 6.07) is 11.9. The van der Waals surface area contributed by atoms with Crippen LogP contribution < -0.4 is 9.64 Å². The Balaban J connectivity index is 1.46. The number of thiophene rings is 1. The first kappa shape index (κ1) is 20.2. The van der Waals surface area contributed by atoms with Gasteiger partial charge in [0.15, 0.2) is 0 Å². The number of aryl methyl sites for hydroxylation is 1. The maximum atomic E-state index is 13.2. The monoisotopic (exact) mass is 447 g/mol. The average Bonchev–Trinajstić information content (AvgIpc) is 3.24. The van der Waals surface area contributed by atoms with E-state index in [0.717, 1.165) is 62.3 Å². The lowest BCUT2D eigenvalue weighted by atomic mass is 10.2. The zero-order valence-corrected chi connectivity index (χ0v) is 18.7. The van der Waals surface area contributed by atoms with Crippen LogP contribution in [0.25, 0.3) is 9.88 Å². The lowest BCUT2D eigenvalue weighted by molar-refractivity contribution is 0.0771. The van der Waals surface area contributed by atoms with E-state index in [2.05, 4.69) is 22.0 Å². The van der Waals surface area contributed by atoms with Gasteiger partial charge in [0.25, 0.3) is 5.91 Å². The highest BCUT2D eigenvalue weighted by molar-refractivity contribution is 7.24. The summed E-state index contributed by atoms with van der Waals surface area (Å²) < 4.78 is 5.97. The molecule has 152 valence electrons. The molecule has 0 radical (unpaired) electrons. The third-order valence-electron chi connectivity index (χ3n) is 5.00. The van der Waals surface area contributed by atoms with Crippen molar-refractivity contribution >= 4 is 45.9 Å². The summed E-state index contributed by atoms with van der Waals surface area (Å²) in [5, 5.41) is 0.859. The van der Waals surface area contributed by atoms with Crippen molar-refractivity contribution in [2.24, 2.45) is 0 Å². The van der Waals surface area contributed by atoms with Gasteiger partial charge in [0.2, 0.25) is 0 Å². The number of halogens is 1. The van der Waals surface area contributed by atoms with Gasteiger partial charge in [0.05, 0.1) is 22.0 Å². The SMILES string of the molecule is COc1ccc(N2CCCN(C(=O)c3sc(-c4ccc(Cl)s4)nc3C)CC2)cc1. The topological polar surface area (TPSA) is 45.7 Å². The van der Waals surface area contributed by atoms with E-state index in [9.17, 15) is 4.79 Å². The second-order valence-corrected chi connectivity index (χ2v) is 9.58. The van der Waals surface area contributed by atoms with Crippen LogP contribution in [0, 0.1) is 6.92 Å². The van der Waals surface area contributed by atoms with Crippen LogP contribution in [0.5, 0.6) is 5.75 Å². The van der Waals surface area contributed by atoms with Gasteiger partial charge in [-0.25, -0.2) is 4.98 Å². The minimum absolute atomic E-state index is 0.0745. The van der Waals surface area contributed by atoms with Gasteiger partial charge in [-0.15, -0.1) is 22.7 Å². The number of amides is 1. The highest BCUT2D eigenvalue weighted by Crippen LogP contribution is 2.35. The van der Waals surface area contributed by atoms with Crippen LogP contribution in [-0.4, -0.2) is 49.1 Å². The Morgan fingerprint density at radius 1 is 1.07 bits per heavy atom. The lowest BCUT2D eigenvalue weighted by Crippen LogP contribution is -2.35. The van der Waals surface area contributed by atoms with E-state index in [1.807, 2.05) is 36.1 Å². The van der Waals surface area contributed by atoms with Crippen LogP contribution in [0.4, 0.5) is 5.69 Å². The van der Waals surface area contributed by atoms with Crippen molar-refractivity contribution in [2.75, 3.05) is 38.2 Å². The van der Waals surface area contributed by atoms with Crippen molar-refractivity contribution in [3.63, 3.8) is 0 Å². The fraction of sp³-hybridized carbons (Fsp3) is 0.333. The maximum Gasteiger partial charge on any atom is 0.265 e. The fourth-order valence-electron chi connectivity index (χ4n) is 3.44. The van der Waals surface area contributed by atoms with Crippen molar-refractivity contribution in [1.29, 1.82) is 0 Å². The number of nitrogens with zero attached hydrogens (tertiary/aromatic N) is 3. The Hall–Kier alpha value is -2.09. The number of rotatable bonds is 4. The van der Waals surface area contributed by atoms with E-state index >= 15 is 0 Å².